The summed E-state index contributed by atoms with van der Waals surface area (Å²) in [7, 11) is 0. The maximum absolute atomic E-state index is 12.9. The lowest BCUT2D eigenvalue weighted by Crippen LogP contribution is -2.41. The van der Waals surface area contributed by atoms with Crippen molar-refractivity contribution in [2.24, 2.45) is 17.8 Å². The maximum Gasteiger partial charge on any atom is 0.453 e. The summed E-state index contributed by atoms with van der Waals surface area (Å²) >= 11 is 0. The number of nitrogens with zero attached hydrogens (tertiary/aromatic N) is 4. The van der Waals surface area contributed by atoms with E-state index < -0.39 is 12.0 Å². The first-order valence-corrected chi connectivity index (χ1v) is 9.73. The normalized spacial score (nSPS) is 25.4. The van der Waals surface area contributed by atoms with Gasteiger partial charge in [-0.15, -0.1) is 5.10 Å². The number of aromatic nitrogens is 4. The van der Waals surface area contributed by atoms with Gasteiger partial charge in [0.15, 0.2) is 0 Å². The molecule has 0 aliphatic heterocycles. The van der Waals surface area contributed by atoms with Crippen LogP contribution in [0.1, 0.15) is 55.4 Å². The molecule has 4 rings (SSSR count). The second-order valence-electron chi connectivity index (χ2n) is 8.28. The van der Waals surface area contributed by atoms with E-state index in [1.54, 1.807) is 13.8 Å². The Morgan fingerprint density at radius 1 is 1.25 bits per heavy atom. The van der Waals surface area contributed by atoms with Gasteiger partial charge in [-0.2, -0.15) is 18.2 Å². The van der Waals surface area contributed by atoms with Gasteiger partial charge < -0.3 is 5.32 Å². The zero-order valence-electron chi connectivity index (χ0n) is 16.2. The summed E-state index contributed by atoms with van der Waals surface area (Å²) in [5.41, 5.74) is 1.53. The van der Waals surface area contributed by atoms with Crippen molar-refractivity contribution in [3.8, 4) is 0 Å². The molecule has 9 heteroatoms. The highest BCUT2D eigenvalue weighted by molar-refractivity contribution is 5.79. The number of hydrogen-bond donors (Lipinski definition) is 1. The molecule has 2 aliphatic carbocycles. The molecule has 2 fully saturated rings. The summed E-state index contributed by atoms with van der Waals surface area (Å²) in [6, 6.07) is 0.100. The van der Waals surface area contributed by atoms with Crippen molar-refractivity contribution in [2.45, 2.75) is 65.1 Å². The van der Waals surface area contributed by atoms with Crippen molar-refractivity contribution in [1.29, 1.82) is 0 Å². The highest BCUT2D eigenvalue weighted by Gasteiger charge is 2.42. The molecule has 0 spiro atoms. The topological polar surface area (TPSA) is 72.2 Å². The first kappa shape index (κ1) is 19.1. The number of rotatable bonds is 4. The van der Waals surface area contributed by atoms with E-state index in [-0.39, 0.29) is 24.1 Å². The smallest absolute Gasteiger partial charge is 0.353 e. The molecule has 0 saturated heterocycles. The van der Waals surface area contributed by atoms with Crippen LogP contribution in [0.25, 0.3) is 5.78 Å². The minimum absolute atomic E-state index is 0.0625. The molecule has 2 saturated carbocycles. The lowest BCUT2D eigenvalue weighted by atomic mass is 9.84. The molecule has 2 aromatic heterocycles. The van der Waals surface area contributed by atoms with Crippen LogP contribution in [-0.2, 0) is 17.4 Å². The summed E-state index contributed by atoms with van der Waals surface area (Å²) in [6.45, 7) is 5.37. The van der Waals surface area contributed by atoms with Crippen LogP contribution in [0, 0.1) is 31.6 Å². The summed E-state index contributed by atoms with van der Waals surface area (Å²) in [4.78, 5) is 20.2. The molecule has 4 atom stereocenters. The van der Waals surface area contributed by atoms with Crippen LogP contribution in [0.15, 0.2) is 0 Å². The lowest BCUT2D eigenvalue weighted by Gasteiger charge is -2.28. The average Bonchev–Trinajstić information content (AvgIpc) is 3.32. The van der Waals surface area contributed by atoms with E-state index >= 15 is 0 Å². The number of nitrogens with one attached hydrogen (secondary N) is 1. The second kappa shape index (κ2) is 6.70. The van der Waals surface area contributed by atoms with Gasteiger partial charge >= 0.3 is 6.18 Å². The van der Waals surface area contributed by atoms with Gasteiger partial charge in [-0.1, -0.05) is 6.42 Å². The first-order chi connectivity index (χ1) is 13.1. The molecule has 0 radical (unpaired) electrons. The Kier molecular flexibility index (Phi) is 4.58. The van der Waals surface area contributed by atoms with Crippen LogP contribution in [0.2, 0.25) is 0 Å². The predicted octanol–water partition coefficient (Wildman–Crippen LogP) is 3.24. The van der Waals surface area contributed by atoms with Gasteiger partial charge in [0.05, 0.1) is 6.42 Å². The summed E-state index contributed by atoms with van der Waals surface area (Å²) in [6.07, 6.45) is 0.439. The Hall–Kier alpha value is -2.19. The summed E-state index contributed by atoms with van der Waals surface area (Å²) in [5.74, 6) is 0.558. The minimum atomic E-state index is -4.64. The van der Waals surface area contributed by atoms with E-state index in [1.807, 2.05) is 0 Å². The van der Waals surface area contributed by atoms with Crippen molar-refractivity contribution in [3.63, 3.8) is 0 Å². The molecule has 0 unspecified atom stereocenters. The molecular formula is C19H24F3N5O. The molecule has 2 aliphatic rings. The third-order valence-corrected chi connectivity index (χ3v) is 6.46. The number of carbonyl (C=O) groups is 1. The zero-order chi connectivity index (χ0) is 20.2. The standard InChI is InChI=1S/C19H24F3N5O/c1-9-14(11(3)27-18(24-9)25-17(26-27)19(20,21)22)8-16(28)23-10(2)15-7-12-4-5-13(15)6-12/h10,12-13,15H,4-8H2,1-3H3,(H,23,28)/t10-,12-,13-,15-/m0/s1. The minimum Gasteiger partial charge on any atom is -0.353 e. The van der Waals surface area contributed by atoms with E-state index in [2.05, 4.69) is 27.3 Å². The maximum atomic E-state index is 12.9. The molecule has 2 aromatic rings. The number of fused-ring (bicyclic) bond motifs is 3. The lowest BCUT2D eigenvalue weighted by molar-refractivity contribution is -0.144. The number of hydrogen-bond acceptors (Lipinski definition) is 4. The van der Waals surface area contributed by atoms with Crippen molar-refractivity contribution in [2.75, 3.05) is 0 Å². The van der Waals surface area contributed by atoms with Crippen LogP contribution in [0.5, 0.6) is 0 Å². The number of carbonyl (C=O) groups excluding carboxylic acids is 1. The monoisotopic (exact) mass is 395 g/mol. The number of halogens is 3. The molecule has 2 heterocycles. The van der Waals surface area contributed by atoms with E-state index in [1.165, 1.54) is 25.7 Å². The Morgan fingerprint density at radius 2 is 2.00 bits per heavy atom. The summed E-state index contributed by atoms with van der Waals surface area (Å²) < 4.78 is 39.7. The van der Waals surface area contributed by atoms with Crippen molar-refractivity contribution < 1.29 is 18.0 Å². The Labute approximate surface area is 160 Å². The van der Waals surface area contributed by atoms with Gasteiger partial charge in [-0.3, -0.25) is 4.79 Å². The average molecular weight is 395 g/mol. The fourth-order valence-corrected chi connectivity index (χ4v) is 5.06. The van der Waals surface area contributed by atoms with Gasteiger partial charge in [-0.25, -0.2) is 9.50 Å². The Balaban J connectivity index is 1.51. The van der Waals surface area contributed by atoms with E-state index in [0.717, 1.165) is 10.4 Å². The van der Waals surface area contributed by atoms with Gasteiger partial charge in [-0.05, 0) is 57.8 Å². The van der Waals surface area contributed by atoms with Gasteiger partial charge in [0.2, 0.25) is 5.91 Å². The fraction of sp³-hybridized carbons (Fsp3) is 0.684. The fourth-order valence-electron chi connectivity index (χ4n) is 5.06. The third kappa shape index (κ3) is 3.35. The van der Waals surface area contributed by atoms with E-state index in [9.17, 15) is 18.0 Å². The van der Waals surface area contributed by atoms with Crippen LogP contribution >= 0.6 is 0 Å². The quantitative estimate of drug-likeness (QED) is 0.863. The van der Waals surface area contributed by atoms with Crippen LogP contribution in [0.4, 0.5) is 13.2 Å². The third-order valence-electron chi connectivity index (χ3n) is 6.46. The van der Waals surface area contributed by atoms with Crippen molar-refractivity contribution in [1.82, 2.24) is 24.9 Å². The molecule has 28 heavy (non-hydrogen) atoms. The zero-order valence-corrected chi connectivity index (χ0v) is 16.2. The molecule has 2 bridgehead atoms. The molecule has 0 aromatic carbocycles. The number of amides is 1. The predicted molar refractivity (Wildman–Crippen MR) is 95.5 cm³/mol. The molecule has 1 amide bonds. The Bertz CT molecular complexity index is 922. The number of aryl methyl sites for hydroxylation is 2. The van der Waals surface area contributed by atoms with Crippen molar-refractivity contribution in [3.05, 3.63) is 22.8 Å². The van der Waals surface area contributed by atoms with Crippen LogP contribution in [0.3, 0.4) is 0 Å². The van der Waals surface area contributed by atoms with Gasteiger partial charge in [0.1, 0.15) is 0 Å². The highest BCUT2D eigenvalue weighted by atomic mass is 19.4. The number of alkyl halides is 3. The van der Waals surface area contributed by atoms with E-state index in [4.69, 9.17) is 0 Å². The SMILES string of the molecule is Cc1nc2nc(C(F)(F)F)nn2c(C)c1CC(=O)N[C@@H](C)[C@@H]1C[C@H]2CC[C@H]1C2. The highest BCUT2D eigenvalue weighted by Crippen LogP contribution is 2.49. The van der Waals surface area contributed by atoms with Gasteiger partial charge in [0, 0.05) is 23.0 Å². The molecule has 152 valence electrons. The molecule has 6 nitrogen and oxygen atoms in total. The molecule has 1 N–H and O–H groups in total. The summed E-state index contributed by atoms with van der Waals surface area (Å²) in [5, 5.41) is 6.62. The van der Waals surface area contributed by atoms with Crippen LogP contribution in [-0.4, -0.2) is 31.5 Å². The van der Waals surface area contributed by atoms with Crippen molar-refractivity contribution >= 4 is 11.7 Å². The largest absolute Gasteiger partial charge is 0.453 e. The molecular weight excluding hydrogens is 371 g/mol. The van der Waals surface area contributed by atoms with Crippen LogP contribution < -0.4 is 5.32 Å². The first-order valence-electron chi connectivity index (χ1n) is 9.73. The Morgan fingerprint density at radius 3 is 2.61 bits per heavy atom. The van der Waals surface area contributed by atoms with E-state index in [0.29, 0.717) is 28.8 Å². The van der Waals surface area contributed by atoms with Gasteiger partial charge in [0.25, 0.3) is 11.6 Å². The second-order valence-corrected chi connectivity index (χ2v) is 8.28.